The molecule has 0 saturated carbocycles. The molecule has 2 heteroatoms. The van der Waals surface area contributed by atoms with Gasteiger partial charge < -0.3 is 9.53 Å². The molecule has 46 valence electrons. The molecule has 0 amide bonds. The number of carbonyl (C=O) groups excluding carboxylic acids is 1. The number of methoxy groups -OCH3 is 1. The summed E-state index contributed by atoms with van der Waals surface area (Å²) in [5.74, 6) is 0. The molecule has 0 saturated heterocycles. The highest BCUT2D eigenvalue weighted by Gasteiger charge is 1.74. The number of hydrogen-bond donors (Lipinski definition) is 0. The fraction of sp³-hybridized carbons (Fsp3) is 0.500. The maximum Gasteiger partial charge on any atom is 0.120 e. The molecule has 0 unspecified atom stereocenters. The number of ether oxygens (including phenoxy) is 1. The van der Waals surface area contributed by atoms with Gasteiger partial charge in [-0.25, -0.2) is 0 Å². The van der Waals surface area contributed by atoms with Gasteiger partial charge in [-0.1, -0.05) is 0 Å². The summed E-state index contributed by atoms with van der Waals surface area (Å²) < 4.78 is 4.59. The molecule has 8 heavy (non-hydrogen) atoms. The van der Waals surface area contributed by atoms with Crippen molar-refractivity contribution in [3.8, 4) is 0 Å². The van der Waals surface area contributed by atoms with Crippen molar-refractivity contribution in [2.45, 2.75) is 12.8 Å². The average molecular weight is 114 g/mol. The number of rotatable bonds is 4. The van der Waals surface area contributed by atoms with E-state index in [2.05, 4.69) is 4.74 Å². The van der Waals surface area contributed by atoms with Crippen LogP contribution in [-0.2, 0) is 9.53 Å². The molecule has 2 nitrogen and oxygen atoms in total. The van der Waals surface area contributed by atoms with Crippen LogP contribution in [0.5, 0.6) is 0 Å². The molecule has 0 spiro atoms. The first kappa shape index (κ1) is 7.21. The minimum atomic E-state index is 0.583. The minimum absolute atomic E-state index is 0.583. The van der Waals surface area contributed by atoms with Crippen molar-refractivity contribution in [3.63, 3.8) is 0 Å². The Kier molecular flexibility index (Phi) is 5.60. The fourth-order valence-electron chi connectivity index (χ4n) is 0.329. The zero-order valence-electron chi connectivity index (χ0n) is 4.96. The first-order valence-corrected chi connectivity index (χ1v) is 2.53. The largest absolute Gasteiger partial charge is 0.505 e. The number of hydrogen-bond acceptors (Lipinski definition) is 2. The molecule has 0 bridgehead atoms. The molecule has 0 aliphatic carbocycles. The van der Waals surface area contributed by atoms with Gasteiger partial charge in [0.2, 0.25) is 0 Å². The van der Waals surface area contributed by atoms with Crippen molar-refractivity contribution in [2.24, 2.45) is 0 Å². The van der Waals surface area contributed by atoms with Crippen molar-refractivity contribution in [1.82, 2.24) is 0 Å². The Morgan fingerprint density at radius 3 is 2.75 bits per heavy atom. The van der Waals surface area contributed by atoms with Gasteiger partial charge in [0.25, 0.3) is 0 Å². The summed E-state index contributed by atoms with van der Waals surface area (Å²) in [6.45, 7) is 0. The maximum absolute atomic E-state index is 9.69. The highest BCUT2D eigenvalue weighted by atomic mass is 16.5. The molecule has 0 aromatic carbocycles. The van der Waals surface area contributed by atoms with Gasteiger partial charge in [0.15, 0.2) is 0 Å². The van der Waals surface area contributed by atoms with E-state index in [1.165, 1.54) is 0 Å². The van der Waals surface area contributed by atoms with Gasteiger partial charge in [0, 0.05) is 6.42 Å². The molecule has 0 aliphatic rings. The quantitative estimate of drug-likeness (QED) is 0.311. The van der Waals surface area contributed by atoms with Crippen molar-refractivity contribution in [2.75, 3.05) is 7.11 Å². The first-order chi connectivity index (χ1) is 3.91. The van der Waals surface area contributed by atoms with Crippen molar-refractivity contribution in [1.29, 1.82) is 0 Å². The van der Waals surface area contributed by atoms with Gasteiger partial charge in [0.05, 0.1) is 13.4 Å². The molecule has 0 aliphatic heterocycles. The second kappa shape index (κ2) is 6.21. The molecular weight excluding hydrogens is 104 g/mol. The van der Waals surface area contributed by atoms with Gasteiger partial charge in [0.1, 0.15) is 6.29 Å². The average Bonchev–Trinajstić information content (AvgIpc) is 1.81. The predicted molar refractivity (Wildman–Crippen MR) is 31.4 cm³/mol. The first-order valence-electron chi connectivity index (χ1n) is 2.53. The number of aldehydes is 1. The Balaban J connectivity index is 2.90. The summed E-state index contributed by atoms with van der Waals surface area (Å²) in [6.07, 6.45) is 5.63. The smallest absolute Gasteiger partial charge is 0.120 e. The van der Waals surface area contributed by atoms with Crippen LogP contribution in [0, 0.1) is 0 Å². The van der Waals surface area contributed by atoms with E-state index in [4.69, 9.17) is 0 Å². The number of unbranched alkanes of at least 4 members (excludes halogenated alkanes) is 1. The van der Waals surface area contributed by atoms with E-state index in [0.29, 0.717) is 6.42 Å². The zero-order valence-corrected chi connectivity index (χ0v) is 4.96. The summed E-state index contributed by atoms with van der Waals surface area (Å²) in [4.78, 5) is 9.69. The molecule has 0 fully saturated rings. The van der Waals surface area contributed by atoms with E-state index in [1.807, 2.05) is 6.08 Å². The molecule has 0 rings (SSSR count). The Bertz CT molecular complexity index is 76.6. The van der Waals surface area contributed by atoms with Crippen molar-refractivity contribution < 1.29 is 9.53 Å². The van der Waals surface area contributed by atoms with Gasteiger partial charge in [-0.3, -0.25) is 0 Å². The molecule has 0 heterocycles. The van der Waals surface area contributed by atoms with Gasteiger partial charge in [-0.2, -0.15) is 0 Å². The summed E-state index contributed by atoms with van der Waals surface area (Å²) in [6, 6.07) is 0. The van der Waals surface area contributed by atoms with Crippen LogP contribution >= 0.6 is 0 Å². The third-order valence-corrected chi connectivity index (χ3v) is 0.683. The Hall–Kier alpha value is -0.790. The van der Waals surface area contributed by atoms with Crippen LogP contribution in [0.1, 0.15) is 12.8 Å². The van der Waals surface area contributed by atoms with E-state index in [9.17, 15) is 4.79 Å². The molecule has 0 radical (unpaired) electrons. The third-order valence-electron chi connectivity index (χ3n) is 0.683. The summed E-state index contributed by atoms with van der Waals surface area (Å²) in [7, 11) is 1.58. The molecule has 0 aromatic rings. The summed E-state index contributed by atoms with van der Waals surface area (Å²) in [5.41, 5.74) is 0. The molecule has 0 aromatic heterocycles. The minimum Gasteiger partial charge on any atom is -0.505 e. The Morgan fingerprint density at radius 2 is 2.25 bits per heavy atom. The van der Waals surface area contributed by atoms with E-state index < -0.39 is 0 Å². The lowest BCUT2D eigenvalue weighted by molar-refractivity contribution is -0.107. The third kappa shape index (κ3) is 5.21. The van der Waals surface area contributed by atoms with E-state index in [1.54, 1.807) is 13.4 Å². The molecule has 0 atom stereocenters. The van der Waals surface area contributed by atoms with Gasteiger partial charge in [-0.05, 0) is 12.5 Å². The van der Waals surface area contributed by atoms with E-state index >= 15 is 0 Å². The standard InChI is InChI=1S/C6H10O2/c1-8-6-4-2-3-5-7/h4-6H,2-3H2,1H3/b6-4+. The lowest BCUT2D eigenvalue weighted by Gasteiger charge is -1.83. The maximum atomic E-state index is 9.69. The van der Waals surface area contributed by atoms with Crippen LogP contribution in [0.2, 0.25) is 0 Å². The predicted octanol–water partition coefficient (Wildman–Crippen LogP) is 1.13. The van der Waals surface area contributed by atoms with Crippen LogP contribution in [0.3, 0.4) is 0 Å². The second-order valence-electron chi connectivity index (χ2n) is 1.35. The lowest BCUT2D eigenvalue weighted by Crippen LogP contribution is -1.71. The van der Waals surface area contributed by atoms with Crippen LogP contribution in [-0.4, -0.2) is 13.4 Å². The van der Waals surface area contributed by atoms with Gasteiger partial charge >= 0.3 is 0 Å². The zero-order chi connectivity index (χ0) is 6.24. The molecule has 0 N–H and O–H groups in total. The molecular formula is C6H10O2. The second-order valence-corrected chi connectivity index (χ2v) is 1.35. The Morgan fingerprint density at radius 1 is 1.50 bits per heavy atom. The number of allylic oxidation sites excluding steroid dienone is 1. The SMILES string of the molecule is CO/C=C/CCC=O. The van der Waals surface area contributed by atoms with Crippen LogP contribution in [0.15, 0.2) is 12.3 Å². The fourth-order valence-corrected chi connectivity index (χ4v) is 0.329. The highest BCUT2D eigenvalue weighted by molar-refractivity contribution is 5.49. The monoisotopic (exact) mass is 114 g/mol. The van der Waals surface area contributed by atoms with Gasteiger partial charge in [-0.15, -0.1) is 0 Å². The van der Waals surface area contributed by atoms with Crippen LogP contribution in [0.4, 0.5) is 0 Å². The summed E-state index contributed by atoms with van der Waals surface area (Å²) in [5, 5.41) is 0. The van der Waals surface area contributed by atoms with Crippen molar-refractivity contribution in [3.05, 3.63) is 12.3 Å². The Labute approximate surface area is 49.1 Å². The van der Waals surface area contributed by atoms with Crippen LogP contribution < -0.4 is 0 Å². The lowest BCUT2D eigenvalue weighted by atomic mass is 10.3. The number of carbonyl (C=O) groups is 1. The van der Waals surface area contributed by atoms with E-state index in [-0.39, 0.29) is 0 Å². The highest BCUT2D eigenvalue weighted by Crippen LogP contribution is 1.85. The van der Waals surface area contributed by atoms with Crippen LogP contribution in [0.25, 0.3) is 0 Å². The summed E-state index contributed by atoms with van der Waals surface area (Å²) >= 11 is 0. The normalized spacial score (nSPS) is 9.62. The topological polar surface area (TPSA) is 26.3 Å². The van der Waals surface area contributed by atoms with Crippen molar-refractivity contribution >= 4 is 6.29 Å². The van der Waals surface area contributed by atoms with E-state index in [0.717, 1.165) is 12.7 Å².